The molecule has 1 aromatic rings. The lowest BCUT2D eigenvalue weighted by molar-refractivity contribution is -0.211. The van der Waals surface area contributed by atoms with Gasteiger partial charge in [-0.3, -0.25) is 0 Å². The molecule has 0 amide bonds. The summed E-state index contributed by atoms with van der Waals surface area (Å²) in [5, 5.41) is 10.4. The number of rotatable bonds is 4. The molecule has 4 heteroatoms. The van der Waals surface area contributed by atoms with Crippen LogP contribution >= 0.6 is 0 Å². The van der Waals surface area contributed by atoms with Gasteiger partial charge >= 0.3 is 0 Å². The Bertz CT molecular complexity index is 602. The zero-order chi connectivity index (χ0) is 18.1. The van der Waals surface area contributed by atoms with Crippen molar-refractivity contribution < 1.29 is 9.84 Å². The standard InChI is InChI=1S/C22H34N2O2/c1-3-26-21-16-20(25)22(21)10-14-23(15-11-22)18-8-12-24(13-9-18)19-7-5-4-6-17(19)2/h4-7,18,20-21,25H,3,8-16H2,1-2H3/t20-,21+/m1/s1. The number of piperidine rings is 2. The molecule has 2 aliphatic heterocycles. The Balaban J connectivity index is 1.31. The number of anilines is 1. The third-order valence-corrected chi connectivity index (χ3v) is 7.28. The van der Waals surface area contributed by atoms with E-state index in [4.69, 9.17) is 4.74 Å². The second-order valence-corrected chi connectivity index (χ2v) is 8.47. The molecule has 4 rings (SSSR count). The van der Waals surface area contributed by atoms with Crippen molar-refractivity contribution in [3.05, 3.63) is 29.8 Å². The number of benzene rings is 1. The molecule has 1 aromatic carbocycles. The molecule has 1 saturated carbocycles. The molecule has 26 heavy (non-hydrogen) atoms. The first-order chi connectivity index (χ1) is 12.6. The number of ether oxygens (including phenoxy) is 1. The van der Waals surface area contributed by atoms with E-state index in [0.29, 0.717) is 6.04 Å². The highest BCUT2D eigenvalue weighted by Gasteiger charge is 2.56. The molecule has 1 spiro atoms. The van der Waals surface area contributed by atoms with Crippen LogP contribution in [0.1, 0.15) is 44.6 Å². The fourth-order valence-electron chi connectivity index (χ4n) is 5.51. The molecule has 0 radical (unpaired) electrons. The summed E-state index contributed by atoms with van der Waals surface area (Å²) in [4.78, 5) is 5.24. The quantitative estimate of drug-likeness (QED) is 0.896. The fourth-order valence-corrected chi connectivity index (χ4v) is 5.51. The van der Waals surface area contributed by atoms with Crippen LogP contribution in [0.15, 0.2) is 24.3 Å². The Labute approximate surface area is 158 Å². The molecular formula is C22H34N2O2. The van der Waals surface area contributed by atoms with Crippen molar-refractivity contribution in [2.24, 2.45) is 5.41 Å². The summed E-state index contributed by atoms with van der Waals surface area (Å²) < 4.78 is 5.91. The molecule has 4 nitrogen and oxygen atoms in total. The van der Waals surface area contributed by atoms with Gasteiger partial charge in [-0.15, -0.1) is 0 Å². The Hall–Kier alpha value is -1.10. The maximum atomic E-state index is 10.4. The van der Waals surface area contributed by atoms with Crippen molar-refractivity contribution in [3.8, 4) is 0 Å². The molecule has 3 fully saturated rings. The van der Waals surface area contributed by atoms with Gasteiger partial charge < -0.3 is 19.6 Å². The van der Waals surface area contributed by atoms with Crippen molar-refractivity contribution in [1.82, 2.24) is 4.90 Å². The molecule has 2 heterocycles. The van der Waals surface area contributed by atoms with Crippen LogP contribution in [0.25, 0.3) is 0 Å². The number of aliphatic hydroxyl groups is 1. The van der Waals surface area contributed by atoms with Crippen molar-refractivity contribution in [2.45, 2.75) is 64.2 Å². The number of hydrogen-bond donors (Lipinski definition) is 1. The van der Waals surface area contributed by atoms with E-state index in [2.05, 4.69) is 47.9 Å². The van der Waals surface area contributed by atoms with Gasteiger partial charge in [0.2, 0.25) is 0 Å². The highest BCUT2D eigenvalue weighted by molar-refractivity contribution is 5.53. The molecule has 3 aliphatic rings. The van der Waals surface area contributed by atoms with Crippen LogP contribution in [0.4, 0.5) is 5.69 Å². The van der Waals surface area contributed by atoms with Crippen LogP contribution in [-0.4, -0.2) is 61.0 Å². The molecule has 1 N–H and O–H groups in total. The van der Waals surface area contributed by atoms with Gasteiger partial charge in [-0.1, -0.05) is 18.2 Å². The summed E-state index contributed by atoms with van der Waals surface area (Å²) in [6.07, 6.45) is 5.66. The second kappa shape index (κ2) is 7.49. The smallest absolute Gasteiger partial charge is 0.0681 e. The molecule has 1 aliphatic carbocycles. The summed E-state index contributed by atoms with van der Waals surface area (Å²) in [6, 6.07) is 9.45. The van der Waals surface area contributed by atoms with E-state index < -0.39 is 0 Å². The van der Waals surface area contributed by atoms with Gasteiger partial charge in [-0.05, 0) is 64.3 Å². The molecule has 2 atom stereocenters. The van der Waals surface area contributed by atoms with Gasteiger partial charge in [0.05, 0.1) is 12.2 Å². The average molecular weight is 359 g/mol. The van der Waals surface area contributed by atoms with Crippen LogP contribution in [0.3, 0.4) is 0 Å². The SMILES string of the molecule is CCO[C@H]1C[C@@H](O)C12CCN(C1CCN(c3ccccc3C)CC1)CC2. The number of likely N-dealkylation sites (tertiary alicyclic amines) is 1. The van der Waals surface area contributed by atoms with Crippen molar-refractivity contribution >= 4 is 5.69 Å². The van der Waals surface area contributed by atoms with Crippen LogP contribution in [-0.2, 0) is 4.74 Å². The van der Waals surface area contributed by atoms with Gasteiger partial charge in [0.25, 0.3) is 0 Å². The first-order valence-corrected chi connectivity index (χ1v) is 10.5. The predicted octanol–water partition coefficient (Wildman–Crippen LogP) is 3.22. The van der Waals surface area contributed by atoms with E-state index in [9.17, 15) is 5.11 Å². The lowest BCUT2D eigenvalue weighted by atomic mass is 9.58. The molecule has 2 saturated heterocycles. The zero-order valence-electron chi connectivity index (χ0n) is 16.4. The summed E-state index contributed by atoms with van der Waals surface area (Å²) in [5.74, 6) is 0. The topological polar surface area (TPSA) is 35.9 Å². The average Bonchev–Trinajstić information content (AvgIpc) is 2.69. The lowest BCUT2D eigenvalue weighted by Gasteiger charge is -2.57. The fraction of sp³-hybridized carbons (Fsp3) is 0.727. The van der Waals surface area contributed by atoms with Crippen molar-refractivity contribution in [1.29, 1.82) is 0 Å². The van der Waals surface area contributed by atoms with E-state index in [1.807, 2.05) is 0 Å². The minimum absolute atomic E-state index is 0.0500. The maximum Gasteiger partial charge on any atom is 0.0681 e. The monoisotopic (exact) mass is 358 g/mol. The van der Waals surface area contributed by atoms with Gasteiger partial charge in [0, 0.05) is 43.3 Å². The van der Waals surface area contributed by atoms with Crippen molar-refractivity contribution in [2.75, 3.05) is 37.7 Å². The van der Waals surface area contributed by atoms with Crippen LogP contribution in [0, 0.1) is 12.3 Å². The Morgan fingerprint density at radius 3 is 2.42 bits per heavy atom. The second-order valence-electron chi connectivity index (χ2n) is 8.47. The van der Waals surface area contributed by atoms with Gasteiger partial charge in [0.15, 0.2) is 0 Å². The molecule has 0 unspecified atom stereocenters. The lowest BCUT2D eigenvalue weighted by Crippen LogP contribution is -2.63. The van der Waals surface area contributed by atoms with Gasteiger partial charge in [-0.2, -0.15) is 0 Å². The van der Waals surface area contributed by atoms with Crippen LogP contribution < -0.4 is 4.90 Å². The largest absolute Gasteiger partial charge is 0.392 e. The van der Waals surface area contributed by atoms with E-state index in [1.54, 1.807) is 0 Å². The predicted molar refractivity (Wildman–Crippen MR) is 106 cm³/mol. The Kier molecular flexibility index (Phi) is 5.27. The van der Waals surface area contributed by atoms with E-state index in [0.717, 1.165) is 52.0 Å². The minimum atomic E-state index is -0.149. The number of aryl methyl sites for hydroxylation is 1. The third-order valence-electron chi connectivity index (χ3n) is 7.28. The molecular weight excluding hydrogens is 324 g/mol. The summed E-state index contributed by atoms with van der Waals surface area (Å²) in [6.45, 7) is 9.59. The Morgan fingerprint density at radius 1 is 1.12 bits per heavy atom. The summed E-state index contributed by atoms with van der Waals surface area (Å²) >= 11 is 0. The maximum absolute atomic E-state index is 10.4. The van der Waals surface area contributed by atoms with E-state index in [1.165, 1.54) is 24.1 Å². The first-order valence-electron chi connectivity index (χ1n) is 10.5. The number of nitrogens with zero attached hydrogens (tertiary/aromatic N) is 2. The number of para-hydroxylation sites is 1. The van der Waals surface area contributed by atoms with Gasteiger partial charge in [0.1, 0.15) is 0 Å². The van der Waals surface area contributed by atoms with Gasteiger partial charge in [-0.25, -0.2) is 0 Å². The summed E-state index contributed by atoms with van der Waals surface area (Å²) in [5.41, 5.74) is 2.83. The molecule has 0 aromatic heterocycles. The first kappa shape index (κ1) is 18.3. The van der Waals surface area contributed by atoms with Crippen LogP contribution in [0.5, 0.6) is 0 Å². The van der Waals surface area contributed by atoms with E-state index in [-0.39, 0.29) is 17.6 Å². The van der Waals surface area contributed by atoms with Crippen LogP contribution in [0.2, 0.25) is 0 Å². The minimum Gasteiger partial charge on any atom is -0.392 e. The third kappa shape index (κ3) is 3.17. The highest BCUT2D eigenvalue weighted by Crippen LogP contribution is 2.51. The number of aliphatic hydroxyl groups excluding tert-OH is 1. The van der Waals surface area contributed by atoms with Crippen molar-refractivity contribution in [3.63, 3.8) is 0 Å². The molecule has 144 valence electrons. The number of hydrogen-bond acceptors (Lipinski definition) is 4. The summed E-state index contributed by atoms with van der Waals surface area (Å²) in [7, 11) is 0. The zero-order valence-corrected chi connectivity index (χ0v) is 16.4. The molecule has 0 bridgehead atoms. The van der Waals surface area contributed by atoms with E-state index >= 15 is 0 Å². The highest BCUT2D eigenvalue weighted by atomic mass is 16.5. The normalized spacial score (nSPS) is 29.7. The Morgan fingerprint density at radius 2 is 1.81 bits per heavy atom.